The largest absolute Gasteiger partial charge is 0.465 e. The molecule has 1 aliphatic heterocycles. The Kier molecular flexibility index (Phi) is 4.61. The summed E-state index contributed by atoms with van der Waals surface area (Å²) in [5.74, 6) is -0.102. The van der Waals surface area contributed by atoms with Crippen molar-refractivity contribution >= 4 is 27.6 Å². The molecule has 1 rings (SSSR count). The highest BCUT2D eigenvalue weighted by molar-refractivity contribution is 8.78. The number of rotatable bonds is 4. The molecule has 0 aliphatic carbocycles. The molecule has 1 aliphatic rings. The van der Waals surface area contributed by atoms with Crippen molar-refractivity contribution in [1.29, 1.82) is 0 Å². The van der Waals surface area contributed by atoms with Crippen LogP contribution in [-0.4, -0.2) is 17.8 Å². The number of esters is 1. The number of ether oxygens (including phenoxy) is 1. The highest BCUT2D eigenvalue weighted by atomic mass is 33.1. The standard InChI is InChI=1S/C8H12O2S2/c1-2-3-5-10-8(9)7-4-6-11-12-7/h4,6-7H,2-3,5H2,1H3. The van der Waals surface area contributed by atoms with Crippen molar-refractivity contribution < 1.29 is 9.53 Å². The molecular weight excluding hydrogens is 192 g/mol. The van der Waals surface area contributed by atoms with Crippen LogP contribution >= 0.6 is 21.6 Å². The third-order valence-corrected chi connectivity index (χ3v) is 3.67. The van der Waals surface area contributed by atoms with Crippen LogP contribution in [0, 0.1) is 0 Å². The van der Waals surface area contributed by atoms with E-state index in [9.17, 15) is 4.79 Å². The first-order valence-electron chi connectivity index (χ1n) is 4.00. The Morgan fingerprint density at radius 2 is 2.50 bits per heavy atom. The van der Waals surface area contributed by atoms with Gasteiger partial charge in [-0.3, -0.25) is 4.79 Å². The molecule has 1 atom stereocenters. The molecule has 0 saturated carbocycles. The van der Waals surface area contributed by atoms with Gasteiger partial charge in [-0.15, -0.1) is 0 Å². The van der Waals surface area contributed by atoms with Crippen LogP contribution in [0.3, 0.4) is 0 Å². The minimum Gasteiger partial charge on any atom is -0.465 e. The smallest absolute Gasteiger partial charge is 0.323 e. The molecular formula is C8H12O2S2. The Hall–Kier alpha value is -0.0900. The lowest BCUT2D eigenvalue weighted by atomic mass is 10.3. The first kappa shape index (κ1) is 9.99. The van der Waals surface area contributed by atoms with Crippen molar-refractivity contribution in [2.75, 3.05) is 6.61 Å². The van der Waals surface area contributed by atoms with E-state index in [0.717, 1.165) is 12.8 Å². The minimum atomic E-state index is -0.102. The maximum atomic E-state index is 11.2. The zero-order valence-electron chi connectivity index (χ0n) is 6.99. The van der Waals surface area contributed by atoms with Gasteiger partial charge in [0.2, 0.25) is 0 Å². The molecule has 2 nitrogen and oxygen atoms in total. The summed E-state index contributed by atoms with van der Waals surface area (Å²) in [6, 6.07) is 0. The summed E-state index contributed by atoms with van der Waals surface area (Å²) in [6.07, 6.45) is 3.90. The topological polar surface area (TPSA) is 26.3 Å². The molecule has 0 amide bonds. The lowest BCUT2D eigenvalue weighted by Crippen LogP contribution is -2.16. The highest BCUT2D eigenvalue weighted by Crippen LogP contribution is 2.35. The molecule has 12 heavy (non-hydrogen) atoms. The molecule has 0 saturated heterocycles. The Labute approximate surface area is 80.5 Å². The fourth-order valence-electron chi connectivity index (χ4n) is 0.745. The Balaban J connectivity index is 2.14. The molecule has 0 spiro atoms. The van der Waals surface area contributed by atoms with Crippen LogP contribution < -0.4 is 0 Å². The van der Waals surface area contributed by atoms with Gasteiger partial charge in [-0.25, -0.2) is 0 Å². The van der Waals surface area contributed by atoms with E-state index >= 15 is 0 Å². The molecule has 0 bridgehead atoms. The highest BCUT2D eigenvalue weighted by Gasteiger charge is 2.20. The maximum Gasteiger partial charge on any atom is 0.323 e. The summed E-state index contributed by atoms with van der Waals surface area (Å²) in [5.41, 5.74) is 0. The van der Waals surface area contributed by atoms with Crippen LogP contribution in [0.5, 0.6) is 0 Å². The number of carbonyl (C=O) groups excluding carboxylic acids is 1. The van der Waals surface area contributed by atoms with Crippen molar-refractivity contribution in [2.24, 2.45) is 0 Å². The van der Waals surface area contributed by atoms with Gasteiger partial charge in [-0.1, -0.05) is 41.0 Å². The van der Waals surface area contributed by atoms with Gasteiger partial charge < -0.3 is 4.74 Å². The van der Waals surface area contributed by atoms with Crippen molar-refractivity contribution in [3.05, 3.63) is 11.5 Å². The second-order valence-corrected chi connectivity index (χ2v) is 4.78. The fraction of sp³-hybridized carbons (Fsp3) is 0.625. The van der Waals surface area contributed by atoms with E-state index < -0.39 is 0 Å². The molecule has 0 aromatic heterocycles. The van der Waals surface area contributed by atoms with Crippen LogP contribution in [0.25, 0.3) is 0 Å². The SMILES string of the molecule is CCCCOC(=O)C1C=CSS1. The monoisotopic (exact) mass is 204 g/mol. The number of carbonyl (C=O) groups is 1. The lowest BCUT2D eigenvalue weighted by Gasteiger charge is -2.06. The van der Waals surface area contributed by atoms with Crippen LogP contribution in [-0.2, 0) is 9.53 Å². The van der Waals surface area contributed by atoms with E-state index in [2.05, 4.69) is 6.92 Å². The van der Waals surface area contributed by atoms with E-state index in [1.54, 1.807) is 10.8 Å². The molecule has 0 aromatic carbocycles. The molecule has 0 aromatic rings. The summed E-state index contributed by atoms with van der Waals surface area (Å²) in [4.78, 5) is 11.2. The molecule has 0 N–H and O–H groups in total. The van der Waals surface area contributed by atoms with E-state index in [1.807, 2.05) is 11.5 Å². The molecule has 0 radical (unpaired) electrons. The van der Waals surface area contributed by atoms with Crippen LogP contribution in [0.4, 0.5) is 0 Å². The van der Waals surface area contributed by atoms with E-state index in [-0.39, 0.29) is 11.2 Å². The summed E-state index contributed by atoms with van der Waals surface area (Å²) in [6.45, 7) is 2.64. The Morgan fingerprint density at radius 1 is 1.67 bits per heavy atom. The summed E-state index contributed by atoms with van der Waals surface area (Å²) in [7, 11) is 3.12. The first-order chi connectivity index (χ1) is 5.84. The number of hydrogen-bond acceptors (Lipinski definition) is 4. The normalized spacial score (nSPS) is 21.2. The van der Waals surface area contributed by atoms with Crippen molar-refractivity contribution in [3.8, 4) is 0 Å². The van der Waals surface area contributed by atoms with Crippen LogP contribution in [0.15, 0.2) is 11.5 Å². The Bertz CT molecular complexity index is 180. The summed E-state index contributed by atoms with van der Waals surface area (Å²) in [5, 5.41) is 1.85. The quantitative estimate of drug-likeness (QED) is 0.399. The summed E-state index contributed by atoms with van der Waals surface area (Å²) < 4.78 is 5.04. The molecule has 68 valence electrons. The van der Waals surface area contributed by atoms with E-state index in [1.165, 1.54) is 10.8 Å². The zero-order chi connectivity index (χ0) is 8.81. The molecule has 1 unspecified atom stereocenters. The van der Waals surface area contributed by atoms with Gasteiger partial charge in [0.1, 0.15) is 5.25 Å². The van der Waals surface area contributed by atoms with Gasteiger partial charge in [-0.2, -0.15) is 0 Å². The van der Waals surface area contributed by atoms with E-state index in [0.29, 0.717) is 6.61 Å². The zero-order valence-corrected chi connectivity index (χ0v) is 8.62. The summed E-state index contributed by atoms with van der Waals surface area (Å²) >= 11 is 0. The van der Waals surface area contributed by atoms with Gasteiger partial charge >= 0.3 is 5.97 Å². The third-order valence-electron chi connectivity index (χ3n) is 1.44. The number of unbranched alkanes of at least 4 members (excludes halogenated alkanes) is 1. The predicted octanol–water partition coefficient (Wildman–Crippen LogP) is 2.61. The lowest BCUT2D eigenvalue weighted by molar-refractivity contribution is -0.142. The van der Waals surface area contributed by atoms with Crippen molar-refractivity contribution in [1.82, 2.24) is 0 Å². The van der Waals surface area contributed by atoms with Gasteiger partial charge in [0, 0.05) is 0 Å². The average Bonchev–Trinajstić information content (AvgIpc) is 2.56. The van der Waals surface area contributed by atoms with Crippen molar-refractivity contribution in [3.63, 3.8) is 0 Å². The predicted molar refractivity (Wildman–Crippen MR) is 54.0 cm³/mol. The van der Waals surface area contributed by atoms with Crippen molar-refractivity contribution in [2.45, 2.75) is 25.0 Å². The maximum absolute atomic E-state index is 11.2. The Morgan fingerprint density at radius 3 is 3.08 bits per heavy atom. The fourth-order valence-corrected chi connectivity index (χ4v) is 2.71. The van der Waals surface area contributed by atoms with Gasteiger partial charge in [0.15, 0.2) is 0 Å². The van der Waals surface area contributed by atoms with E-state index in [4.69, 9.17) is 4.74 Å². The second kappa shape index (κ2) is 5.54. The minimum absolute atomic E-state index is 0.0770. The average molecular weight is 204 g/mol. The van der Waals surface area contributed by atoms with Gasteiger partial charge in [-0.05, 0) is 11.8 Å². The van der Waals surface area contributed by atoms with Gasteiger partial charge in [0.05, 0.1) is 6.61 Å². The first-order valence-corrected chi connectivity index (χ1v) is 6.27. The molecule has 4 heteroatoms. The van der Waals surface area contributed by atoms with Gasteiger partial charge in [0.25, 0.3) is 0 Å². The number of hydrogen-bond donors (Lipinski definition) is 0. The molecule has 0 fully saturated rings. The molecule has 1 heterocycles. The van der Waals surface area contributed by atoms with Crippen LogP contribution in [0.1, 0.15) is 19.8 Å². The third kappa shape index (κ3) is 3.11. The second-order valence-electron chi connectivity index (χ2n) is 2.46. The van der Waals surface area contributed by atoms with Crippen LogP contribution in [0.2, 0.25) is 0 Å².